The highest BCUT2D eigenvalue weighted by atomic mass is 16.5. The number of nitrogens with one attached hydrogen (secondary N) is 1. The number of carbonyl (C=O) groups excluding carboxylic acids is 1. The predicted molar refractivity (Wildman–Crippen MR) is 102 cm³/mol. The Hall–Kier alpha value is -2.40. The standard InChI is InChI=1S/C21H25N3O2/c1-26-21(25)18-6-4-17(11-18)14-24-8-2-3-16(13-24)9-15-5-7-20-19(10-15)12-22-23-20/h4-7,10,12,16H,2-3,8-9,11,13-14H2,1H3,(H,22,23). The van der Waals surface area contributed by atoms with Crippen molar-refractivity contribution in [1.82, 2.24) is 15.1 Å². The van der Waals surface area contributed by atoms with E-state index in [1.54, 1.807) is 0 Å². The van der Waals surface area contributed by atoms with E-state index in [1.165, 1.54) is 36.5 Å². The van der Waals surface area contributed by atoms with E-state index in [-0.39, 0.29) is 5.97 Å². The summed E-state index contributed by atoms with van der Waals surface area (Å²) in [5.74, 6) is 0.477. The van der Waals surface area contributed by atoms with Gasteiger partial charge < -0.3 is 4.74 Å². The Kier molecular flexibility index (Phi) is 4.89. The summed E-state index contributed by atoms with van der Waals surface area (Å²) in [7, 11) is 1.44. The number of hydrogen-bond donors (Lipinski definition) is 1. The number of nitrogens with zero attached hydrogens (tertiary/aromatic N) is 2. The van der Waals surface area contributed by atoms with Crippen LogP contribution in [-0.2, 0) is 16.0 Å². The number of piperidine rings is 1. The molecular weight excluding hydrogens is 326 g/mol. The van der Waals surface area contributed by atoms with Crippen molar-refractivity contribution in [2.24, 2.45) is 5.92 Å². The average Bonchev–Trinajstić information content (AvgIpc) is 3.30. The summed E-state index contributed by atoms with van der Waals surface area (Å²) in [5.41, 5.74) is 4.57. The van der Waals surface area contributed by atoms with Gasteiger partial charge in [0.1, 0.15) is 0 Å². The highest BCUT2D eigenvalue weighted by Crippen LogP contribution is 2.26. The first-order valence-electron chi connectivity index (χ1n) is 9.32. The quantitative estimate of drug-likeness (QED) is 0.840. The molecule has 1 fully saturated rings. The van der Waals surface area contributed by atoms with Gasteiger partial charge in [-0.25, -0.2) is 4.79 Å². The molecule has 4 rings (SSSR count). The van der Waals surface area contributed by atoms with Crippen molar-refractivity contribution in [2.45, 2.75) is 25.7 Å². The summed E-state index contributed by atoms with van der Waals surface area (Å²) in [5, 5.41) is 8.30. The number of benzene rings is 1. The first-order chi connectivity index (χ1) is 12.7. The number of aromatic amines is 1. The van der Waals surface area contributed by atoms with Crippen LogP contribution < -0.4 is 0 Å². The smallest absolute Gasteiger partial charge is 0.334 e. The molecule has 1 unspecified atom stereocenters. The Bertz CT molecular complexity index is 865. The first-order valence-corrected chi connectivity index (χ1v) is 9.32. The molecule has 2 heterocycles. The summed E-state index contributed by atoms with van der Waals surface area (Å²) in [6.07, 6.45) is 10.2. The fourth-order valence-corrected chi connectivity index (χ4v) is 4.16. The molecule has 5 heteroatoms. The molecule has 0 amide bonds. The number of allylic oxidation sites excluding steroid dienone is 2. The number of H-pyrrole nitrogens is 1. The fourth-order valence-electron chi connectivity index (χ4n) is 4.16. The van der Waals surface area contributed by atoms with Gasteiger partial charge in [-0.15, -0.1) is 0 Å². The van der Waals surface area contributed by atoms with Gasteiger partial charge in [0.25, 0.3) is 0 Å². The highest BCUT2D eigenvalue weighted by molar-refractivity contribution is 5.90. The van der Waals surface area contributed by atoms with E-state index in [9.17, 15) is 4.79 Å². The molecule has 26 heavy (non-hydrogen) atoms. The minimum absolute atomic E-state index is 0.206. The first kappa shape index (κ1) is 17.0. The van der Waals surface area contributed by atoms with Crippen LogP contribution in [0.5, 0.6) is 0 Å². The lowest BCUT2D eigenvalue weighted by atomic mass is 9.90. The van der Waals surface area contributed by atoms with Crippen molar-refractivity contribution in [3.8, 4) is 0 Å². The molecule has 0 saturated carbocycles. The van der Waals surface area contributed by atoms with Gasteiger partial charge in [-0.05, 0) is 49.4 Å². The van der Waals surface area contributed by atoms with Crippen LogP contribution in [0.15, 0.2) is 47.7 Å². The summed E-state index contributed by atoms with van der Waals surface area (Å²) in [4.78, 5) is 14.2. The number of ether oxygens (including phenoxy) is 1. The topological polar surface area (TPSA) is 58.2 Å². The number of rotatable bonds is 5. The number of likely N-dealkylation sites (tertiary alicyclic amines) is 1. The van der Waals surface area contributed by atoms with Crippen LogP contribution in [0, 0.1) is 5.92 Å². The number of hydrogen-bond acceptors (Lipinski definition) is 4. The Morgan fingerprint density at radius 2 is 2.31 bits per heavy atom. The maximum Gasteiger partial charge on any atom is 0.334 e. The zero-order valence-corrected chi connectivity index (χ0v) is 15.2. The van der Waals surface area contributed by atoms with Crippen LogP contribution in [0.3, 0.4) is 0 Å². The Labute approximate surface area is 153 Å². The second-order valence-corrected chi connectivity index (χ2v) is 7.42. The van der Waals surface area contributed by atoms with E-state index in [1.807, 2.05) is 12.3 Å². The van der Waals surface area contributed by atoms with Gasteiger partial charge in [0.05, 0.1) is 18.8 Å². The maximum absolute atomic E-state index is 11.6. The largest absolute Gasteiger partial charge is 0.466 e. The summed E-state index contributed by atoms with van der Waals surface area (Å²) in [6, 6.07) is 6.59. The van der Waals surface area contributed by atoms with Crippen molar-refractivity contribution in [3.05, 3.63) is 53.3 Å². The highest BCUT2D eigenvalue weighted by Gasteiger charge is 2.23. The lowest BCUT2D eigenvalue weighted by Gasteiger charge is -2.33. The van der Waals surface area contributed by atoms with E-state index in [4.69, 9.17) is 4.74 Å². The molecule has 1 aromatic carbocycles. The second kappa shape index (κ2) is 7.46. The van der Waals surface area contributed by atoms with E-state index in [2.05, 4.69) is 39.4 Å². The van der Waals surface area contributed by atoms with E-state index >= 15 is 0 Å². The molecule has 5 nitrogen and oxygen atoms in total. The number of fused-ring (bicyclic) bond motifs is 1. The van der Waals surface area contributed by atoms with Gasteiger partial charge in [-0.2, -0.15) is 5.10 Å². The van der Waals surface area contributed by atoms with Crippen LogP contribution in [0.1, 0.15) is 24.8 Å². The van der Waals surface area contributed by atoms with Crippen LogP contribution in [0.25, 0.3) is 10.9 Å². The normalized spacial score (nSPS) is 20.9. The number of carbonyl (C=O) groups is 1. The third kappa shape index (κ3) is 3.73. The molecule has 2 aliphatic rings. The van der Waals surface area contributed by atoms with Crippen molar-refractivity contribution in [2.75, 3.05) is 26.7 Å². The number of methoxy groups -OCH3 is 1. The molecule has 0 spiro atoms. The third-order valence-corrected chi connectivity index (χ3v) is 5.44. The molecule has 1 aromatic heterocycles. The van der Waals surface area contributed by atoms with Gasteiger partial charge in [-0.1, -0.05) is 23.8 Å². The van der Waals surface area contributed by atoms with Crippen molar-refractivity contribution in [1.29, 1.82) is 0 Å². The minimum atomic E-state index is -0.206. The molecule has 1 aliphatic carbocycles. The van der Waals surface area contributed by atoms with Gasteiger partial charge in [0, 0.05) is 30.5 Å². The lowest BCUT2D eigenvalue weighted by Crippen LogP contribution is -2.37. The molecule has 136 valence electrons. The molecule has 0 bridgehead atoms. The maximum atomic E-state index is 11.6. The minimum Gasteiger partial charge on any atom is -0.466 e. The Balaban J connectivity index is 1.32. The van der Waals surface area contributed by atoms with Gasteiger partial charge in [0.15, 0.2) is 0 Å². The second-order valence-electron chi connectivity index (χ2n) is 7.42. The van der Waals surface area contributed by atoms with Crippen LogP contribution in [0.4, 0.5) is 0 Å². The molecular formula is C21H25N3O2. The molecule has 0 radical (unpaired) electrons. The molecule has 1 saturated heterocycles. The van der Waals surface area contributed by atoms with Crippen LogP contribution in [0.2, 0.25) is 0 Å². The van der Waals surface area contributed by atoms with Crippen LogP contribution in [-0.4, -0.2) is 47.8 Å². The lowest BCUT2D eigenvalue weighted by molar-refractivity contribution is -0.136. The van der Waals surface area contributed by atoms with Crippen molar-refractivity contribution >= 4 is 16.9 Å². The zero-order valence-electron chi connectivity index (χ0n) is 15.2. The molecule has 1 atom stereocenters. The monoisotopic (exact) mass is 351 g/mol. The molecule has 1 N–H and O–H groups in total. The number of aromatic nitrogens is 2. The van der Waals surface area contributed by atoms with Gasteiger partial charge in [-0.3, -0.25) is 10.00 Å². The Morgan fingerprint density at radius 3 is 3.19 bits per heavy atom. The summed E-state index contributed by atoms with van der Waals surface area (Å²) in [6.45, 7) is 3.21. The fraction of sp³-hybridized carbons (Fsp3) is 0.429. The van der Waals surface area contributed by atoms with Crippen molar-refractivity contribution < 1.29 is 9.53 Å². The van der Waals surface area contributed by atoms with E-state index < -0.39 is 0 Å². The predicted octanol–water partition coefficient (Wildman–Crippen LogP) is 3.25. The molecule has 1 aliphatic heterocycles. The summed E-state index contributed by atoms with van der Waals surface area (Å²) < 4.78 is 4.82. The van der Waals surface area contributed by atoms with E-state index in [0.29, 0.717) is 5.92 Å². The molecule has 2 aromatic rings. The van der Waals surface area contributed by atoms with Crippen LogP contribution >= 0.6 is 0 Å². The van der Waals surface area contributed by atoms with Gasteiger partial charge in [0.2, 0.25) is 0 Å². The average molecular weight is 351 g/mol. The number of esters is 1. The van der Waals surface area contributed by atoms with Gasteiger partial charge >= 0.3 is 5.97 Å². The SMILES string of the molecule is COC(=O)C1=CC=C(CN2CCCC(Cc3ccc4[nH]ncc4c3)C2)C1. The van der Waals surface area contributed by atoms with Crippen molar-refractivity contribution in [3.63, 3.8) is 0 Å². The Morgan fingerprint density at radius 1 is 1.38 bits per heavy atom. The third-order valence-electron chi connectivity index (χ3n) is 5.44. The van der Waals surface area contributed by atoms with E-state index in [0.717, 1.165) is 43.6 Å². The zero-order chi connectivity index (χ0) is 17.9. The summed E-state index contributed by atoms with van der Waals surface area (Å²) >= 11 is 0.